The summed E-state index contributed by atoms with van der Waals surface area (Å²) in [5.74, 6) is -0.377. The molecule has 1 N–H and O–H groups in total. The van der Waals surface area contributed by atoms with E-state index in [0.29, 0.717) is 10.6 Å². The van der Waals surface area contributed by atoms with Crippen LogP contribution in [0.15, 0.2) is 36.7 Å². The standard InChI is InChI=1S/C15H13ClN4O3S/c16-11-1-3-12(4-2-11)20-8-10(7-18-20)14(22)17-5-6-19-13(21)9-24-15(19)23/h1-4,7-8H,5-6,9H2,(H,17,22). The number of hydrogen-bond acceptors (Lipinski definition) is 5. The maximum atomic E-state index is 12.1. The largest absolute Gasteiger partial charge is 0.350 e. The highest BCUT2D eigenvalue weighted by molar-refractivity contribution is 8.14. The number of nitrogens with one attached hydrogen (secondary N) is 1. The molecule has 3 rings (SSSR count). The lowest BCUT2D eigenvalue weighted by atomic mass is 10.3. The van der Waals surface area contributed by atoms with Crippen LogP contribution in [0.2, 0.25) is 5.02 Å². The number of carbonyl (C=O) groups excluding carboxylic acids is 3. The fourth-order valence-electron chi connectivity index (χ4n) is 2.16. The molecule has 1 aliphatic heterocycles. The zero-order chi connectivity index (χ0) is 17.1. The molecular weight excluding hydrogens is 352 g/mol. The number of aromatic nitrogens is 2. The molecule has 3 amide bonds. The van der Waals surface area contributed by atoms with E-state index in [4.69, 9.17) is 11.6 Å². The number of imide groups is 1. The lowest BCUT2D eigenvalue weighted by molar-refractivity contribution is -0.124. The molecule has 0 radical (unpaired) electrons. The number of halogens is 1. The summed E-state index contributed by atoms with van der Waals surface area (Å²) in [4.78, 5) is 36.2. The lowest BCUT2D eigenvalue weighted by Crippen LogP contribution is -2.37. The minimum absolute atomic E-state index is 0.167. The summed E-state index contributed by atoms with van der Waals surface area (Å²) in [6.07, 6.45) is 3.05. The Kier molecular flexibility index (Phi) is 4.86. The van der Waals surface area contributed by atoms with E-state index in [-0.39, 0.29) is 35.9 Å². The number of benzene rings is 1. The van der Waals surface area contributed by atoms with Gasteiger partial charge in [-0.3, -0.25) is 19.3 Å². The van der Waals surface area contributed by atoms with E-state index in [2.05, 4.69) is 10.4 Å². The Morgan fingerprint density at radius 3 is 2.71 bits per heavy atom. The zero-order valence-corrected chi connectivity index (χ0v) is 14.0. The second-order valence-corrected chi connectivity index (χ2v) is 6.37. The van der Waals surface area contributed by atoms with Crippen molar-refractivity contribution in [2.45, 2.75) is 0 Å². The highest BCUT2D eigenvalue weighted by atomic mass is 35.5. The van der Waals surface area contributed by atoms with E-state index in [0.717, 1.165) is 22.3 Å². The second kappa shape index (κ2) is 7.06. The van der Waals surface area contributed by atoms with Crippen LogP contribution in [-0.4, -0.2) is 50.6 Å². The van der Waals surface area contributed by atoms with Gasteiger partial charge in [-0.05, 0) is 24.3 Å². The van der Waals surface area contributed by atoms with Gasteiger partial charge >= 0.3 is 0 Å². The van der Waals surface area contributed by atoms with Crippen molar-refractivity contribution in [3.63, 3.8) is 0 Å². The van der Waals surface area contributed by atoms with Gasteiger partial charge in [0, 0.05) is 24.3 Å². The summed E-state index contributed by atoms with van der Waals surface area (Å²) in [7, 11) is 0. The van der Waals surface area contributed by atoms with Crippen LogP contribution in [0, 0.1) is 0 Å². The van der Waals surface area contributed by atoms with Gasteiger partial charge in [-0.1, -0.05) is 23.4 Å². The number of nitrogens with zero attached hydrogens (tertiary/aromatic N) is 3. The van der Waals surface area contributed by atoms with Crippen LogP contribution < -0.4 is 5.32 Å². The third kappa shape index (κ3) is 3.60. The van der Waals surface area contributed by atoms with Crippen molar-refractivity contribution in [2.24, 2.45) is 0 Å². The fourth-order valence-corrected chi connectivity index (χ4v) is 3.03. The molecule has 7 nitrogen and oxygen atoms in total. The Hall–Kier alpha value is -2.32. The molecule has 0 saturated carbocycles. The van der Waals surface area contributed by atoms with E-state index in [1.807, 2.05) is 0 Å². The average Bonchev–Trinajstić information content (AvgIpc) is 3.17. The number of hydrogen-bond donors (Lipinski definition) is 1. The predicted molar refractivity (Wildman–Crippen MR) is 90.5 cm³/mol. The van der Waals surface area contributed by atoms with Gasteiger partial charge in [0.25, 0.3) is 11.1 Å². The summed E-state index contributed by atoms with van der Waals surface area (Å²) in [5, 5.41) is 7.15. The monoisotopic (exact) mass is 364 g/mol. The van der Waals surface area contributed by atoms with Crippen molar-refractivity contribution in [2.75, 3.05) is 18.8 Å². The first-order valence-electron chi connectivity index (χ1n) is 7.10. The molecule has 1 saturated heterocycles. The SMILES string of the molecule is O=C(NCCN1C(=O)CSC1=O)c1cnn(-c2ccc(Cl)cc2)c1. The Balaban J connectivity index is 1.57. The van der Waals surface area contributed by atoms with Gasteiger partial charge in [0.1, 0.15) is 0 Å². The van der Waals surface area contributed by atoms with Gasteiger partial charge in [0.05, 0.1) is 23.2 Å². The van der Waals surface area contributed by atoms with Crippen molar-refractivity contribution in [3.8, 4) is 5.69 Å². The fraction of sp³-hybridized carbons (Fsp3) is 0.200. The maximum absolute atomic E-state index is 12.1. The van der Waals surface area contributed by atoms with Crippen LogP contribution in [0.4, 0.5) is 4.79 Å². The molecule has 0 unspecified atom stereocenters. The van der Waals surface area contributed by atoms with Crippen molar-refractivity contribution in [1.29, 1.82) is 0 Å². The van der Waals surface area contributed by atoms with Crippen LogP contribution in [-0.2, 0) is 4.79 Å². The Morgan fingerprint density at radius 1 is 1.29 bits per heavy atom. The summed E-state index contributed by atoms with van der Waals surface area (Å²) in [5.41, 5.74) is 1.17. The minimum atomic E-state index is -0.318. The van der Waals surface area contributed by atoms with Gasteiger partial charge in [0.2, 0.25) is 5.91 Å². The number of thioether (sulfide) groups is 1. The van der Waals surface area contributed by atoms with Gasteiger partial charge in [-0.25, -0.2) is 4.68 Å². The van der Waals surface area contributed by atoms with Gasteiger partial charge in [0.15, 0.2) is 0 Å². The van der Waals surface area contributed by atoms with Crippen LogP contribution in [0.1, 0.15) is 10.4 Å². The molecule has 2 heterocycles. The Bertz CT molecular complexity index is 774. The van der Waals surface area contributed by atoms with Gasteiger partial charge < -0.3 is 5.32 Å². The topological polar surface area (TPSA) is 84.3 Å². The van der Waals surface area contributed by atoms with E-state index in [1.165, 1.54) is 6.20 Å². The Labute approximate surface area is 147 Å². The first-order chi connectivity index (χ1) is 11.5. The molecule has 1 fully saturated rings. The minimum Gasteiger partial charge on any atom is -0.350 e. The molecule has 1 aromatic heterocycles. The third-order valence-corrected chi connectivity index (χ3v) is 4.51. The molecule has 0 aliphatic carbocycles. The number of carbonyl (C=O) groups is 3. The Morgan fingerprint density at radius 2 is 2.04 bits per heavy atom. The average molecular weight is 365 g/mol. The van der Waals surface area contributed by atoms with Crippen LogP contribution in [0.5, 0.6) is 0 Å². The molecule has 0 bridgehead atoms. The summed E-state index contributed by atoms with van der Waals surface area (Å²) < 4.78 is 1.56. The van der Waals surface area contributed by atoms with Crippen molar-refractivity contribution in [3.05, 3.63) is 47.2 Å². The molecule has 9 heteroatoms. The van der Waals surface area contributed by atoms with Crippen LogP contribution >= 0.6 is 23.4 Å². The molecule has 1 aliphatic rings. The van der Waals surface area contributed by atoms with E-state index in [9.17, 15) is 14.4 Å². The molecular formula is C15H13ClN4O3S. The predicted octanol–water partition coefficient (Wildman–Crippen LogP) is 1.95. The molecule has 0 atom stereocenters. The number of rotatable bonds is 5. The summed E-state index contributed by atoms with van der Waals surface area (Å²) in [6.45, 7) is 0.366. The summed E-state index contributed by atoms with van der Waals surface area (Å²) in [6, 6.07) is 7.05. The van der Waals surface area contributed by atoms with Crippen molar-refractivity contribution < 1.29 is 14.4 Å². The van der Waals surface area contributed by atoms with E-state index in [1.54, 1.807) is 35.1 Å². The maximum Gasteiger partial charge on any atom is 0.288 e. The van der Waals surface area contributed by atoms with E-state index >= 15 is 0 Å². The highest BCUT2D eigenvalue weighted by Crippen LogP contribution is 2.17. The first kappa shape index (κ1) is 16.5. The zero-order valence-electron chi connectivity index (χ0n) is 12.4. The molecule has 1 aromatic carbocycles. The normalized spacial score (nSPS) is 14.3. The quantitative estimate of drug-likeness (QED) is 0.876. The molecule has 0 spiro atoms. The van der Waals surface area contributed by atoms with Crippen molar-refractivity contribution >= 4 is 40.4 Å². The van der Waals surface area contributed by atoms with Gasteiger partial charge in [-0.2, -0.15) is 5.10 Å². The van der Waals surface area contributed by atoms with Crippen molar-refractivity contribution in [1.82, 2.24) is 20.0 Å². The van der Waals surface area contributed by atoms with Gasteiger partial charge in [-0.15, -0.1) is 0 Å². The first-order valence-corrected chi connectivity index (χ1v) is 8.47. The summed E-state index contributed by atoms with van der Waals surface area (Å²) >= 11 is 6.81. The smallest absolute Gasteiger partial charge is 0.288 e. The van der Waals surface area contributed by atoms with Crippen LogP contribution in [0.25, 0.3) is 5.69 Å². The molecule has 2 aromatic rings. The van der Waals surface area contributed by atoms with Crippen LogP contribution in [0.3, 0.4) is 0 Å². The number of amides is 3. The third-order valence-electron chi connectivity index (χ3n) is 3.40. The highest BCUT2D eigenvalue weighted by Gasteiger charge is 2.29. The van der Waals surface area contributed by atoms with E-state index < -0.39 is 0 Å². The second-order valence-electron chi connectivity index (χ2n) is 5.01. The molecule has 124 valence electrons. The molecule has 24 heavy (non-hydrogen) atoms. The lowest BCUT2D eigenvalue weighted by Gasteiger charge is -2.12.